The molecule has 2 atom stereocenters. The summed E-state index contributed by atoms with van der Waals surface area (Å²) >= 11 is 1.51. The van der Waals surface area contributed by atoms with Crippen molar-refractivity contribution in [2.75, 3.05) is 43.0 Å². The standard InChI is InChI=1S/C24H28N4O3S2/c29-23(28-12-10-27(11-13-28)15-19-4-2-1-3-5-19)14-18-6-8-20(9-7-18)25-24-26-21-16-33(30,31)17-22(21)32-24/h1-9,21-22H,10-17H2,(H,25,26). The number of amidine groups is 1. The second kappa shape index (κ2) is 9.48. The number of nitrogens with zero attached hydrogens (tertiary/aromatic N) is 3. The molecule has 3 heterocycles. The summed E-state index contributed by atoms with van der Waals surface area (Å²) < 4.78 is 23.4. The molecule has 174 valence electrons. The van der Waals surface area contributed by atoms with Crippen LogP contribution in [0.15, 0.2) is 59.6 Å². The highest BCUT2D eigenvalue weighted by Gasteiger charge is 2.42. The Bertz CT molecular complexity index is 1130. The molecule has 2 fully saturated rings. The van der Waals surface area contributed by atoms with Gasteiger partial charge in [-0.15, -0.1) is 0 Å². The highest BCUT2D eigenvalue weighted by Crippen LogP contribution is 2.34. The zero-order valence-electron chi connectivity index (χ0n) is 18.4. The van der Waals surface area contributed by atoms with Crippen molar-refractivity contribution in [3.05, 3.63) is 65.7 Å². The van der Waals surface area contributed by atoms with Gasteiger partial charge in [-0.1, -0.05) is 54.2 Å². The molecule has 7 nitrogen and oxygen atoms in total. The first-order chi connectivity index (χ1) is 15.9. The highest BCUT2D eigenvalue weighted by molar-refractivity contribution is 8.15. The van der Waals surface area contributed by atoms with Gasteiger partial charge in [0.2, 0.25) is 5.91 Å². The van der Waals surface area contributed by atoms with Crippen molar-refractivity contribution in [2.45, 2.75) is 24.3 Å². The van der Waals surface area contributed by atoms with E-state index in [9.17, 15) is 13.2 Å². The third-order valence-corrected chi connectivity index (χ3v) is 9.49. The van der Waals surface area contributed by atoms with Gasteiger partial charge in [-0.25, -0.2) is 8.42 Å². The Morgan fingerprint density at radius 2 is 1.70 bits per heavy atom. The molecule has 1 N–H and O–H groups in total. The minimum absolute atomic E-state index is 0.0301. The van der Waals surface area contributed by atoms with Crippen molar-refractivity contribution >= 4 is 38.4 Å². The van der Waals surface area contributed by atoms with E-state index in [4.69, 9.17) is 0 Å². The van der Waals surface area contributed by atoms with Crippen LogP contribution in [-0.2, 0) is 27.6 Å². The molecule has 0 spiro atoms. The summed E-state index contributed by atoms with van der Waals surface area (Å²) in [5.74, 6) is 0.524. The number of fused-ring (bicyclic) bond motifs is 1. The maximum absolute atomic E-state index is 12.8. The van der Waals surface area contributed by atoms with Crippen molar-refractivity contribution in [1.29, 1.82) is 0 Å². The first kappa shape index (κ1) is 22.4. The summed E-state index contributed by atoms with van der Waals surface area (Å²) in [7, 11) is -2.94. The number of hydrogen-bond acceptors (Lipinski definition) is 7. The Hall–Kier alpha value is -2.36. The second-order valence-electron chi connectivity index (χ2n) is 8.88. The van der Waals surface area contributed by atoms with E-state index in [0.717, 1.165) is 49.1 Å². The average molecular weight is 485 g/mol. The first-order valence-corrected chi connectivity index (χ1v) is 14.0. The van der Waals surface area contributed by atoms with Gasteiger partial charge in [-0.2, -0.15) is 0 Å². The summed E-state index contributed by atoms with van der Waals surface area (Å²) in [5.41, 5.74) is 3.19. The highest BCUT2D eigenvalue weighted by atomic mass is 32.2. The number of sulfone groups is 1. The molecule has 0 bridgehead atoms. The smallest absolute Gasteiger partial charge is 0.227 e. The summed E-state index contributed by atoms with van der Waals surface area (Å²) in [4.78, 5) is 21.7. The number of carbonyl (C=O) groups excluding carboxylic acids is 1. The van der Waals surface area contributed by atoms with Crippen LogP contribution >= 0.6 is 11.8 Å². The molecule has 0 radical (unpaired) electrons. The Morgan fingerprint density at radius 1 is 0.970 bits per heavy atom. The quantitative estimate of drug-likeness (QED) is 0.701. The van der Waals surface area contributed by atoms with E-state index in [0.29, 0.717) is 6.42 Å². The number of piperazine rings is 1. The zero-order chi connectivity index (χ0) is 22.8. The Balaban J connectivity index is 1.09. The van der Waals surface area contributed by atoms with Crippen LogP contribution in [0.25, 0.3) is 0 Å². The van der Waals surface area contributed by atoms with E-state index in [-0.39, 0.29) is 28.7 Å². The van der Waals surface area contributed by atoms with Crippen LogP contribution in [0, 0.1) is 0 Å². The number of rotatable bonds is 5. The lowest BCUT2D eigenvalue weighted by Crippen LogP contribution is -2.48. The molecular formula is C24H28N4O3S2. The van der Waals surface area contributed by atoms with Gasteiger partial charge in [-0.3, -0.25) is 14.7 Å². The molecule has 9 heteroatoms. The van der Waals surface area contributed by atoms with E-state index in [2.05, 4.69) is 39.5 Å². The lowest BCUT2D eigenvalue weighted by atomic mass is 10.1. The molecule has 2 aromatic carbocycles. The minimum Gasteiger partial charge on any atom is -0.340 e. The van der Waals surface area contributed by atoms with Gasteiger partial charge in [0.15, 0.2) is 15.0 Å². The molecule has 0 aromatic heterocycles. The lowest BCUT2D eigenvalue weighted by molar-refractivity contribution is -0.132. The van der Waals surface area contributed by atoms with E-state index in [1.54, 1.807) is 0 Å². The number of aliphatic imine (C=N–C) groups is 1. The average Bonchev–Trinajstić information content (AvgIpc) is 3.28. The van der Waals surface area contributed by atoms with E-state index in [1.807, 2.05) is 35.2 Å². The molecular weight excluding hydrogens is 456 g/mol. The molecule has 2 aromatic rings. The normalized spacial score (nSPS) is 24.4. The van der Waals surface area contributed by atoms with Crippen molar-refractivity contribution in [2.24, 2.45) is 4.99 Å². The summed E-state index contributed by atoms with van der Waals surface area (Å²) in [6.45, 7) is 4.25. The number of carbonyl (C=O) groups is 1. The zero-order valence-corrected chi connectivity index (χ0v) is 20.0. The van der Waals surface area contributed by atoms with Crippen molar-refractivity contribution in [3.8, 4) is 0 Å². The van der Waals surface area contributed by atoms with Crippen LogP contribution in [0.2, 0.25) is 0 Å². The van der Waals surface area contributed by atoms with Crippen molar-refractivity contribution in [3.63, 3.8) is 0 Å². The number of anilines is 1. The van der Waals surface area contributed by atoms with E-state index < -0.39 is 9.84 Å². The lowest BCUT2D eigenvalue weighted by Gasteiger charge is -2.34. The summed E-state index contributed by atoms with van der Waals surface area (Å²) in [5, 5.41) is 4.09. The number of nitrogens with one attached hydrogen (secondary N) is 1. The van der Waals surface area contributed by atoms with Gasteiger partial charge in [0.1, 0.15) is 0 Å². The van der Waals surface area contributed by atoms with Crippen LogP contribution < -0.4 is 5.32 Å². The van der Waals surface area contributed by atoms with Gasteiger partial charge < -0.3 is 10.2 Å². The second-order valence-corrected chi connectivity index (χ2v) is 12.3. The summed E-state index contributed by atoms with van der Waals surface area (Å²) in [6.07, 6.45) is 0.399. The number of thioether (sulfide) groups is 1. The maximum atomic E-state index is 12.8. The van der Waals surface area contributed by atoms with Gasteiger partial charge in [0.05, 0.1) is 24.0 Å². The van der Waals surface area contributed by atoms with Crippen molar-refractivity contribution < 1.29 is 13.2 Å². The monoisotopic (exact) mass is 484 g/mol. The third kappa shape index (κ3) is 5.59. The fourth-order valence-electron chi connectivity index (χ4n) is 4.53. The fourth-order valence-corrected chi connectivity index (χ4v) is 8.20. The van der Waals surface area contributed by atoms with Crippen LogP contribution in [0.1, 0.15) is 11.1 Å². The number of benzene rings is 2. The number of hydrogen-bond donors (Lipinski definition) is 1. The molecule has 33 heavy (non-hydrogen) atoms. The predicted octanol–water partition coefficient (Wildman–Crippen LogP) is 2.25. The molecule has 2 unspecified atom stereocenters. The maximum Gasteiger partial charge on any atom is 0.227 e. The molecule has 3 aliphatic rings. The van der Waals surface area contributed by atoms with Gasteiger partial charge in [0, 0.05) is 43.7 Å². The molecule has 0 aliphatic carbocycles. The van der Waals surface area contributed by atoms with Crippen LogP contribution in [0.3, 0.4) is 0 Å². The Morgan fingerprint density at radius 3 is 2.39 bits per heavy atom. The van der Waals surface area contributed by atoms with Gasteiger partial charge >= 0.3 is 0 Å². The third-order valence-electron chi connectivity index (χ3n) is 6.35. The van der Waals surface area contributed by atoms with Gasteiger partial charge in [0.25, 0.3) is 0 Å². The fraction of sp³-hybridized carbons (Fsp3) is 0.417. The van der Waals surface area contributed by atoms with Crippen LogP contribution in [0.5, 0.6) is 0 Å². The van der Waals surface area contributed by atoms with Crippen LogP contribution in [0.4, 0.5) is 5.69 Å². The predicted molar refractivity (Wildman–Crippen MR) is 133 cm³/mol. The minimum atomic E-state index is -2.94. The van der Waals surface area contributed by atoms with Crippen LogP contribution in [-0.4, -0.2) is 78.3 Å². The molecule has 2 saturated heterocycles. The molecule has 0 saturated carbocycles. The largest absolute Gasteiger partial charge is 0.340 e. The Labute approximate surface area is 199 Å². The molecule has 3 aliphatic heterocycles. The van der Waals surface area contributed by atoms with E-state index >= 15 is 0 Å². The molecule has 5 rings (SSSR count). The first-order valence-electron chi connectivity index (χ1n) is 11.3. The van der Waals surface area contributed by atoms with Gasteiger partial charge in [-0.05, 0) is 23.3 Å². The summed E-state index contributed by atoms with van der Waals surface area (Å²) in [6, 6.07) is 18.2. The molecule has 1 amide bonds. The van der Waals surface area contributed by atoms with Crippen molar-refractivity contribution in [1.82, 2.24) is 9.80 Å². The SMILES string of the molecule is O=C(Cc1ccc(NC2=NC3CS(=O)(=O)CC3S2)cc1)N1CCN(Cc2ccccc2)CC1. The number of amides is 1. The Kier molecular flexibility index (Phi) is 6.44. The topological polar surface area (TPSA) is 82.1 Å². The van der Waals surface area contributed by atoms with E-state index in [1.165, 1.54) is 17.3 Å².